The van der Waals surface area contributed by atoms with Gasteiger partial charge in [-0.1, -0.05) is 0 Å². The summed E-state index contributed by atoms with van der Waals surface area (Å²) in [7, 11) is -8.25. The van der Waals surface area contributed by atoms with Crippen molar-refractivity contribution in [2.75, 3.05) is 0 Å². The van der Waals surface area contributed by atoms with E-state index in [4.69, 9.17) is 39.7 Å². The summed E-state index contributed by atoms with van der Waals surface area (Å²) < 4.78 is 13.5. The van der Waals surface area contributed by atoms with E-state index >= 15 is 0 Å². The Labute approximate surface area is 108 Å². The van der Waals surface area contributed by atoms with Crippen molar-refractivity contribution in [1.82, 2.24) is 0 Å². The van der Waals surface area contributed by atoms with Gasteiger partial charge in [0.2, 0.25) is 0 Å². The first-order chi connectivity index (χ1) is 8.63. The fraction of sp³-hybridized carbons (Fsp3) is 0. The van der Waals surface area contributed by atoms with E-state index in [0.717, 1.165) is 0 Å². The molecule has 0 bridgehead atoms. The second kappa shape index (κ2) is 3.82. The Morgan fingerprint density at radius 1 is 0.895 bits per heavy atom. The predicted molar refractivity (Wildman–Crippen MR) is 43.6 cm³/mol. The van der Waals surface area contributed by atoms with Crippen molar-refractivity contribution < 1.29 is 36.9 Å². The molecule has 0 saturated heterocycles. The van der Waals surface area contributed by atoms with Gasteiger partial charge in [0.1, 0.15) is 0 Å². The van der Waals surface area contributed by atoms with Crippen molar-refractivity contribution >= 4 is 0 Å². The van der Waals surface area contributed by atoms with Crippen LogP contribution in [0.25, 0.3) is 0 Å². The van der Waals surface area contributed by atoms with Crippen molar-refractivity contribution in [1.29, 1.82) is 31.6 Å². The molecule has 0 saturated carbocycles. The Bertz CT molecular complexity index is 605. The molecule has 0 atom stereocenters. The fourth-order valence-corrected chi connectivity index (χ4v) is 1.81. The van der Waals surface area contributed by atoms with Gasteiger partial charge in [-0.2, -0.15) is 0 Å². The van der Waals surface area contributed by atoms with E-state index in [0.29, 0.717) is 29.8 Å². The van der Waals surface area contributed by atoms with Gasteiger partial charge in [0.15, 0.2) is 0 Å². The molecule has 0 rings (SSSR count). The van der Waals surface area contributed by atoms with Crippen molar-refractivity contribution in [3.63, 3.8) is 0 Å². The number of rotatable bonds is 1. The average molecular weight is 350 g/mol. The number of hydrogen-bond acceptors (Lipinski definition) is 9. The zero-order chi connectivity index (χ0) is 15.9. The van der Waals surface area contributed by atoms with Gasteiger partial charge in [-0.15, -0.1) is 0 Å². The minimum absolute atomic E-state index is 0.542. The van der Waals surface area contributed by atoms with Crippen LogP contribution < -0.4 is 0 Å². The first-order valence-corrected chi connectivity index (χ1v) is 7.91. The van der Waals surface area contributed by atoms with Crippen LogP contribution in [-0.4, -0.2) is 8.16 Å². The van der Waals surface area contributed by atoms with Crippen LogP contribution in [0.2, 0.25) is 0 Å². The van der Waals surface area contributed by atoms with Crippen LogP contribution in [0.4, 0.5) is 0 Å². The molecular weight excluding hydrogens is 349 g/mol. The zero-order valence-electron chi connectivity index (χ0n) is 8.49. The Kier molecular flexibility index (Phi) is 3.71. The summed E-state index contributed by atoms with van der Waals surface area (Å²) >= 11 is -0.812. The van der Waals surface area contributed by atoms with E-state index in [-0.39, 0.29) is 0 Å². The third kappa shape index (κ3) is 1.28. The molecule has 0 unspecified atom stereocenters. The monoisotopic (exact) mass is 350 g/mol. The first kappa shape index (κ1) is 18.5. The van der Waals surface area contributed by atoms with Crippen molar-refractivity contribution in [2.24, 2.45) is 0 Å². The maximum absolute atomic E-state index is 10.9. The minimum atomic E-state index is -8.25. The second-order valence-electron chi connectivity index (χ2n) is 2.54. The molecule has 0 radical (unpaired) electrons. The molecule has 1 N–H and O–H groups in total. The second-order valence-corrected chi connectivity index (χ2v) is 10.2. The topological polar surface area (TPSA) is 223 Å². The SMILES string of the molecule is N#[C][Fe]([C]#N)([C]#N)([C]#N)([C]#N)([C]#N)[N+](=O)[O-].[O]=[Co][OH]. The van der Waals surface area contributed by atoms with E-state index in [9.17, 15) is 10.1 Å². The molecular formula is C6HCoFeN7O4. The molecule has 0 aliphatic carbocycles. The Morgan fingerprint density at radius 2 is 1.05 bits per heavy atom. The standard InChI is InChI=1S/6CN.Co.Fe.NO2.H2O.O/c6*1-2;;;2-1-3;;/h;;;;;;;;;1H2;/q;;;;;;+1;;;;/p-1. The summed E-state index contributed by atoms with van der Waals surface area (Å²) in [6.07, 6.45) is 0. The number of nitriles is 6. The maximum atomic E-state index is 10.9. The molecule has 0 aliphatic rings. The van der Waals surface area contributed by atoms with E-state index in [1.165, 1.54) is 0 Å². The first-order valence-electron chi connectivity index (χ1n) is 3.21. The molecule has 101 valence electrons. The summed E-state index contributed by atoms with van der Waals surface area (Å²) in [4.78, 5) is 14.2. The fourth-order valence-electron chi connectivity index (χ4n) is 0.438. The summed E-state index contributed by atoms with van der Waals surface area (Å²) in [5, 5.41) is 63.5. The van der Waals surface area contributed by atoms with Crippen LogP contribution in [0.3, 0.4) is 0 Å². The van der Waals surface area contributed by atoms with E-state index in [2.05, 4.69) is 0 Å². The average Bonchev–Trinajstić information content (AvgIpc) is 2.47. The summed E-state index contributed by atoms with van der Waals surface area (Å²) in [5.41, 5.74) is 0. The predicted octanol–water partition coefficient (Wildman–Crippen LogP) is -0.853. The molecule has 0 aromatic rings. The van der Waals surface area contributed by atoms with Gasteiger partial charge < -0.3 is 0 Å². The van der Waals surface area contributed by atoms with E-state index in [1.807, 2.05) is 0 Å². The Morgan fingerprint density at radius 3 is 1.05 bits per heavy atom. The molecule has 11 nitrogen and oxygen atoms in total. The Balaban J connectivity index is 0. The van der Waals surface area contributed by atoms with E-state index < -0.39 is 28.8 Å². The van der Waals surface area contributed by atoms with Crippen LogP contribution in [0.15, 0.2) is 0 Å². The van der Waals surface area contributed by atoms with Gasteiger partial charge in [-0.3, -0.25) is 0 Å². The van der Waals surface area contributed by atoms with Gasteiger partial charge in [-0.05, 0) is 0 Å². The van der Waals surface area contributed by atoms with E-state index in [1.54, 1.807) is 0 Å². The summed E-state index contributed by atoms with van der Waals surface area (Å²) in [6, 6.07) is 0. The number of nitrogens with zero attached hydrogens (tertiary/aromatic N) is 7. The van der Waals surface area contributed by atoms with Gasteiger partial charge >= 0.3 is 108 Å². The molecule has 13 heteroatoms. The normalized spacial score (nSPS) is 14.2. The molecule has 0 fully saturated rings. The van der Waals surface area contributed by atoms with Crippen LogP contribution >= 0.6 is 0 Å². The molecule has 0 spiro atoms. The molecule has 0 aromatic carbocycles. The summed E-state index contributed by atoms with van der Waals surface area (Å²) in [5.74, 6) is 0. The number of nitro groups is 1. The van der Waals surface area contributed by atoms with Crippen molar-refractivity contribution in [3.8, 4) is 29.8 Å². The third-order valence-corrected chi connectivity index (χ3v) is 7.36. The van der Waals surface area contributed by atoms with Gasteiger partial charge in [0.05, 0.1) is 0 Å². The van der Waals surface area contributed by atoms with Gasteiger partial charge in [-0.25, -0.2) is 0 Å². The number of hydrogen-bond donors (Lipinski definition) is 1. The molecule has 0 heterocycles. The molecule has 0 aromatic heterocycles. The molecule has 19 heavy (non-hydrogen) atoms. The quantitative estimate of drug-likeness (QED) is 0.350. The van der Waals surface area contributed by atoms with Gasteiger partial charge in [0, 0.05) is 0 Å². The summed E-state index contributed by atoms with van der Waals surface area (Å²) in [6.45, 7) is 0. The third-order valence-electron chi connectivity index (χ3n) is 1.79. The Hall–Kier alpha value is -2.87. The van der Waals surface area contributed by atoms with Crippen molar-refractivity contribution in [2.45, 2.75) is 0 Å². The zero-order valence-corrected chi connectivity index (χ0v) is 10.6. The van der Waals surface area contributed by atoms with Crippen molar-refractivity contribution in [3.05, 3.63) is 10.1 Å². The van der Waals surface area contributed by atoms with Crippen LogP contribution in [-0.2, 0) is 28.7 Å². The molecule has 0 aliphatic heterocycles. The molecule has 0 amide bonds. The van der Waals surface area contributed by atoms with Crippen LogP contribution in [0.1, 0.15) is 0 Å². The van der Waals surface area contributed by atoms with Gasteiger partial charge in [0.25, 0.3) is 0 Å². The van der Waals surface area contributed by atoms with Crippen LogP contribution in [0, 0.1) is 71.5 Å². The van der Waals surface area contributed by atoms with Crippen LogP contribution in [0.5, 0.6) is 0 Å².